The Bertz CT molecular complexity index is 514. The summed E-state index contributed by atoms with van der Waals surface area (Å²) in [6.45, 7) is 0.571. The quantitative estimate of drug-likeness (QED) is 0.305. The number of hydrazine groups is 1. The first kappa shape index (κ1) is 14.3. The number of nitrogens with two attached hydrogens (primary N) is 1. The van der Waals surface area contributed by atoms with Crippen LogP contribution in [0.4, 0.5) is 11.4 Å². The number of carbonyl (C=O) groups is 1. The molecule has 0 radical (unpaired) electrons. The molecule has 1 aliphatic carbocycles. The fraction of sp³-hybridized carbons (Fsp3) is 0.462. The molecule has 0 spiro atoms. The molecule has 20 heavy (non-hydrogen) atoms. The van der Waals surface area contributed by atoms with Crippen molar-refractivity contribution in [2.24, 2.45) is 11.8 Å². The zero-order chi connectivity index (χ0) is 14.5. The molecule has 1 saturated carbocycles. The van der Waals surface area contributed by atoms with Gasteiger partial charge in [-0.3, -0.25) is 20.8 Å². The SMILES string of the molecule is NNc1c(C(=O)NCCCC2CC2)cccc1[N+](=O)[O-]. The third kappa shape index (κ3) is 3.45. The molecule has 108 valence electrons. The first-order valence-corrected chi connectivity index (χ1v) is 6.65. The number of nitro groups is 1. The van der Waals surface area contributed by atoms with Crippen molar-refractivity contribution in [1.82, 2.24) is 5.32 Å². The Balaban J connectivity index is 2.00. The van der Waals surface area contributed by atoms with Gasteiger partial charge in [-0.1, -0.05) is 18.9 Å². The number of nitrogens with zero attached hydrogens (tertiary/aromatic N) is 1. The van der Waals surface area contributed by atoms with Crippen LogP contribution < -0.4 is 16.6 Å². The van der Waals surface area contributed by atoms with Crippen molar-refractivity contribution in [3.05, 3.63) is 33.9 Å². The summed E-state index contributed by atoms with van der Waals surface area (Å²) >= 11 is 0. The summed E-state index contributed by atoms with van der Waals surface area (Å²) in [5, 5.41) is 13.6. The Morgan fingerprint density at radius 2 is 2.20 bits per heavy atom. The third-order valence-corrected chi connectivity index (χ3v) is 3.40. The topological polar surface area (TPSA) is 110 Å². The third-order valence-electron chi connectivity index (χ3n) is 3.40. The van der Waals surface area contributed by atoms with Crippen LogP contribution in [-0.2, 0) is 0 Å². The van der Waals surface area contributed by atoms with E-state index in [1.807, 2.05) is 0 Å². The van der Waals surface area contributed by atoms with Gasteiger partial charge in [-0.05, 0) is 24.8 Å². The maximum Gasteiger partial charge on any atom is 0.294 e. The second kappa shape index (κ2) is 6.33. The fourth-order valence-corrected chi connectivity index (χ4v) is 2.13. The van der Waals surface area contributed by atoms with Crippen LogP contribution in [0.3, 0.4) is 0 Å². The van der Waals surface area contributed by atoms with E-state index in [0.717, 1.165) is 18.8 Å². The lowest BCUT2D eigenvalue weighted by atomic mass is 10.1. The van der Waals surface area contributed by atoms with Crippen molar-refractivity contribution in [3.8, 4) is 0 Å². The summed E-state index contributed by atoms with van der Waals surface area (Å²) in [6, 6.07) is 4.29. The summed E-state index contributed by atoms with van der Waals surface area (Å²) < 4.78 is 0. The van der Waals surface area contributed by atoms with Crippen molar-refractivity contribution in [3.63, 3.8) is 0 Å². The van der Waals surface area contributed by atoms with Crippen LogP contribution >= 0.6 is 0 Å². The smallest absolute Gasteiger partial charge is 0.294 e. The molecule has 1 fully saturated rings. The van der Waals surface area contributed by atoms with E-state index >= 15 is 0 Å². The molecule has 0 aliphatic heterocycles. The van der Waals surface area contributed by atoms with Crippen LogP contribution in [0.1, 0.15) is 36.0 Å². The van der Waals surface area contributed by atoms with Gasteiger partial charge in [-0.25, -0.2) is 0 Å². The van der Waals surface area contributed by atoms with Crippen molar-refractivity contribution in [2.75, 3.05) is 12.0 Å². The Morgan fingerprint density at radius 1 is 1.45 bits per heavy atom. The van der Waals surface area contributed by atoms with E-state index in [1.54, 1.807) is 0 Å². The number of benzene rings is 1. The minimum atomic E-state index is -0.570. The van der Waals surface area contributed by atoms with E-state index in [9.17, 15) is 14.9 Å². The van der Waals surface area contributed by atoms with Gasteiger partial charge in [0.15, 0.2) is 0 Å². The summed E-state index contributed by atoms with van der Waals surface area (Å²) in [5.74, 6) is 5.77. The lowest BCUT2D eigenvalue weighted by Crippen LogP contribution is -2.26. The first-order chi connectivity index (χ1) is 9.63. The molecule has 1 amide bonds. The number of hydrogen-bond donors (Lipinski definition) is 3. The molecule has 0 saturated heterocycles. The van der Waals surface area contributed by atoms with E-state index in [4.69, 9.17) is 5.84 Å². The van der Waals surface area contributed by atoms with E-state index in [0.29, 0.717) is 6.54 Å². The molecule has 1 aromatic carbocycles. The number of para-hydroxylation sites is 1. The normalized spacial score (nSPS) is 13.8. The Hall–Kier alpha value is -2.15. The zero-order valence-electron chi connectivity index (χ0n) is 11.1. The average Bonchev–Trinajstić information content (AvgIpc) is 3.26. The Labute approximate surface area is 116 Å². The molecule has 0 heterocycles. The molecular formula is C13H18N4O3. The molecule has 4 N–H and O–H groups in total. The number of carbonyl (C=O) groups excluding carboxylic acids is 1. The number of nitro benzene ring substituents is 1. The molecule has 0 unspecified atom stereocenters. The molecule has 0 atom stereocenters. The molecule has 1 aromatic rings. The highest BCUT2D eigenvalue weighted by atomic mass is 16.6. The van der Waals surface area contributed by atoms with Crippen LogP contribution in [0, 0.1) is 16.0 Å². The molecule has 0 bridgehead atoms. The standard InChI is InChI=1S/C13H18N4O3/c14-16-12-10(4-1-5-11(12)17(19)20)13(18)15-8-2-3-9-6-7-9/h1,4-5,9,16H,2-3,6-8,14H2,(H,15,18). The van der Waals surface area contributed by atoms with E-state index < -0.39 is 4.92 Å². The summed E-state index contributed by atoms with van der Waals surface area (Å²) in [6.07, 6.45) is 4.63. The lowest BCUT2D eigenvalue weighted by molar-refractivity contribution is -0.384. The van der Waals surface area contributed by atoms with Gasteiger partial charge in [0.2, 0.25) is 0 Å². The van der Waals surface area contributed by atoms with Gasteiger partial charge < -0.3 is 10.7 Å². The van der Waals surface area contributed by atoms with Crippen LogP contribution in [-0.4, -0.2) is 17.4 Å². The van der Waals surface area contributed by atoms with E-state index in [1.165, 1.54) is 31.0 Å². The number of nitrogens with one attached hydrogen (secondary N) is 2. The van der Waals surface area contributed by atoms with Gasteiger partial charge in [0.1, 0.15) is 5.69 Å². The Morgan fingerprint density at radius 3 is 2.80 bits per heavy atom. The summed E-state index contributed by atoms with van der Waals surface area (Å²) in [5.41, 5.74) is 2.26. The first-order valence-electron chi connectivity index (χ1n) is 6.65. The van der Waals surface area contributed by atoms with Crippen LogP contribution in [0.5, 0.6) is 0 Å². The molecule has 1 aliphatic rings. The summed E-state index contributed by atoms with van der Waals surface area (Å²) in [4.78, 5) is 22.3. The summed E-state index contributed by atoms with van der Waals surface area (Å²) in [7, 11) is 0. The largest absolute Gasteiger partial charge is 0.352 e. The number of hydrogen-bond acceptors (Lipinski definition) is 5. The second-order valence-electron chi connectivity index (χ2n) is 4.94. The van der Waals surface area contributed by atoms with Crippen molar-refractivity contribution in [2.45, 2.75) is 25.7 Å². The average molecular weight is 278 g/mol. The minimum absolute atomic E-state index is 0.0391. The number of nitrogen functional groups attached to an aromatic ring is 1. The molecule has 0 aromatic heterocycles. The number of amides is 1. The highest BCUT2D eigenvalue weighted by Crippen LogP contribution is 2.33. The zero-order valence-corrected chi connectivity index (χ0v) is 11.1. The molecule has 7 heteroatoms. The maximum absolute atomic E-state index is 12.0. The fourth-order valence-electron chi connectivity index (χ4n) is 2.13. The number of rotatable bonds is 7. The van der Waals surface area contributed by atoms with Crippen LogP contribution in [0.25, 0.3) is 0 Å². The van der Waals surface area contributed by atoms with Crippen LogP contribution in [0.15, 0.2) is 18.2 Å². The lowest BCUT2D eigenvalue weighted by Gasteiger charge is -2.09. The van der Waals surface area contributed by atoms with Gasteiger partial charge in [0.25, 0.3) is 11.6 Å². The predicted octanol–water partition coefficient (Wildman–Crippen LogP) is 1.80. The van der Waals surface area contributed by atoms with Crippen molar-refractivity contribution in [1.29, 1.82) is 0 Å². The molecule has 7 nitrogen and oxygen atoms in total. The Kier molecular flexibility index (Phi) is 4.52. The molecule has 2 rings (SSSR count). The highest BCUT2D eigenvalue weighted by Gasteiger charge is 2.22. The highest BCUT2D eigenvalue weighted by molar-refractivity contribution is 6.01. The van der Waals surface area contributed by atoms with E-state index in [2.05, 4.69) is 10.7 Å². The van der Waals surface area contributed by atoms with Gasteiger partial charge in [-0.15, -0.1) is 0 Å². The predicted molar refractivity (Wildman–Crippen MR) is 75.2 cm³/mol. The second-order valence-corrected chi connectivity index (χ2v) is 4.94. The minimum Gasteiger partial charge on any atom is -0.352 e. The number of anilines is 1. The molecular weight excluding hydrogens is 260 g/mol. The van der Waals surface area contributed by atoms with Gasteiger partial charge in [0, 0.05) is 12.6 Å². The van der Waals surface area contributed by atoms with Crippen LogP contribution in [0.2, 0.25) is 0 Å². The van der Waals surface area contributed by atoms with E-state index in [-0.39, 0.29) is 22.8 Å². The monoisotopic (exact) mass is 278 g/mol. The van der Waals surface area contributed by atoms with Gasteiger partial charge >= 0.3 is 0 Å². The van der Waals surface area contributed by atoms with Gasteiger partial charge in [-0.2, -0.15) is 0 Å². The van der Waals surface area contributed by atoms with Gasteiger partial charge in [0.05, 0.1) is 10.5 Å². The maximum atomic E-state index is 12.0. The van der Waals surface area contributed by atoms with Crippen molar-refractivity contribution >= 4 is 17.3 Å². The van der Waals surface area contributed by atoms with Crippen molar-refractivity contribution < 1.29 is 9.72 Å².